The third kappa shape index (κ3) is 5.20. The second kappa shape index (κ2) is 9.75. The van der Waals surface area contributed by atoms with Gasteiger partial charge in [0, 0.05) is 41.7 Å². The van der Waals surface area contributed by atoms with Crippen molar-refractivity contribution in [1.82, 2.24) is 10.3 Å². The molecule has 0 aliphatic carbocycles. The lowest BCUT2D eigenvalue weighted by Gasteiger charge is -2.28. The highest BCUT2D eigenvalue weighted by molar-refractivity contribution is 7.93. The van der Waals surface area contributed by atoms with Crippen LogP contribution in [0.2, 0.25) is 0 Å². The quantitative estimate of drug-likeness (QED) is 0.447. The Morgan fingerprint density at radius 2 is 2.06 bits per heavy atom. The number of rotatable bonds is 6. The second-order valence-electron chi connectivity index (χ2n) is 8.28. The number of fused-ring (bicyclic) bond motifs is 1. The van der Waals surface area contributed by atoms with E-state index in [0.717, 1.165) is 29.0 Å². The fraction of sp³-hybridized carbons (Fsp3) is 0.292. The van der Waals surface area contributed by atoms with Crippen LogP contribution in [-0.4, -0.2) is 33.1 Å². The minimum absolute atomic E-state index is 0.00665. The van der Waals surface area contributed by atoms with Crippen molar-refractivity contribution < 1.29 is 31.1 Å². The fourth-order valence-corrected chi connectivity index (χ4v) is 5.96. The van der Waals surface area contributed by atoms with E-state index >= 15 is 0 Å². The molecule has 0 radical (unpaired) electrons. The van der Waals surface area contributed by atoms with E-state index in [-0.39, 0.29) is 16.6 Å². The van der Waals surface area contributed by atoms with E-state index in [1.54, 1.807) is 11.4 Å². The van der Waals surface area contributed by atoms with Crippen molar-refractivity contribution >= 4 is 32.1 Å². The normalized spacial score (nSPS) is 18.1. The summed E-state index contributed by atoms with van der Waals surface area (Å²) in [7, 11) is -3.88. The van der Waals surface area contributed by atoms with Crippen molar-refractivity contribution in [2.45, 2.75) is 30.0 Å². The number of halogens is 3. The van der Waals surface area contributed by atoms with Gasteiger partial charge in [0.2, 0.25) is 0 Å². The minimum Gasteiger partial charge on any atom is -0.493 e. The molecule has 12 heteroatoms. The Morgan fingerprint density at radius 3 is 2.78 bits per heavy atom. The maximum atomic E-state index is 13.4. The molecule has 0 bridgehead atoms. The first-order valence-corrected chi connectivity index (χ1v) is 13.5. The topological polar surface area (TPSA) is 89.6 Å². The molecule has 5 rings (SSSR count). The summed E-state index contributed by atoms with van der Waals surface area (Å²) >= 11 is 1.16. The molecule has 0 amide bonds. The number of nitrogens with one attached hydrogen (secondary N) is 2. The first-order valence-electron chi connectivity index (χ1n) is 11.2. The zero-order chi connectivity index (χ0) is 25.3. The monoisotopic (exact) mass is 537 g/mol. The van der Waals surface area contributed by atoms with Crippen LogP contribution in [0.4, 0.5) is 18.3 Å². The first kappa shape index (κ1) is 24.6. The predicted molar refractivity (Wildman–Crippen MR) is 130 cm³/mol. The molecule has 0 saturated carbocycles. The van der Waals surface area contributed by atoms with Gasteiger partial charge in [-0.25, -0.2) is 13.4 Å². The Labute approximate surface area is 210 Å². The Morgan fingerprint density at radius 1 is 1.19 bits per heavy atom. The van der Waals surface area contributed by atoms with Crippen molar-refractivity contribution in [3.8, 4) is 11.5 Å². The van der Waals surface area contributed by atoms with Gasteiger partial charge in [0.25, 0.3) is 10.0 Å². The predicted octanol–water partition coefficient (Wildman–Crippen LogP) is 5.24. The molecule has 2 N–H and O–H groups in total. The summed E-state index contributed by atoms with van der Waals surface area (Å²) in [5, 5.41) is 5.07. The summed E-state index contributed by atoms with van der Waals surface area (Å²) in [5.74, 6) is 0.693. The highest BCUT2D eigenvalue weighted by atomic mass is 32.2. The average molecular weight is 538 g/mol. The number of benzene rings is 2. The van der Waals surface area contributed by atoms with E-state index in [1.165, 1.54) is 24.4 Å². The van der Waals surface area contributed by atoms with Crippen LogP contribution in [0.25, 0.3) is 5.57 Å². The van der Waals surface area contributed by atoms with Gasteiger partial charge in [-0.05, 0) is 42.8 Å². The minimum atomic E-state index is -4.47. The molecule has 0 fully saturated rings. The number of hydrogen-bond acceptors (Lipinski definition) is 7. The van der Waals surface area contributed by atoms with Crippen molar-refractivity contribution in [1.29, 1.82) is 0 Å². The molecule has 36 heavy (non-hydrogen) atoms. The van der Waals surface area contributed by atoms with Gasteiger partial charge < -0.3 is 14.8 Å². The summed E-state index contributed by atoms with van der Waals surface area (Å²) in [6, 6.07) is 7.98. The van der Waals surface area contributed by atoms with E-state index in [9.17, 15) is 21.6 Å². The van der Waals surface area contributed by atoms with Crippen LogP contribution in [0.1, 0.15) is 35.6 Å². The van der Waals surface area contributed by atoms with Gasteiger partial charge >= 0.3 is 6.18 Å². The molecule has 2 aliphatic heterocycles. The molecule has 190 valence electrons. The number of sulfonamides is 1. The van der Waals surface area contributed by atoms with Gasteiger partial charge in [0.05, 0.1) is 17.1 Å². The zero-order valence-electron chi connectivity index (χ0n) is 18.8. The summed E-state index contributed by atoms with van der Waals surface area (Å²) in [4.78, 5) is 3.95. The van der Waals surface area contributed by atoms with Crippen LogP contribution in [0.15, 0.2) is 58.9 Å². The van der Waals surface area contributed by atoms with Crippen molar-refractivity contribution in [2.75, 3.05) is 24.4 Å². The maximum absolute atomic E-state index is 13.4. The molecule has 0 unspecified atom stereocenters. The van der Waals surface area contributed by atoms with Crippen molar-refractivity contribution in [3.63, 3.8) is 0 Å². The number of thiazole rings is 1. The molecule has 2 aromatic carbocycles. The van der Waals surface area contributed by atoms with Gasteiger partial charge in [0.1, 0.15) is 17.6 Å². The Bertz CT molecular complexity index is 1390. The smallest absolute Gasteiger partial charge is 0.416 e. The summed E-state index contributed by atoms with van der Waals surface area (Å²) < 4.78 is 80.2. The number of anilines is 1. The number of aromatic nitrogens is 1. The summed E-state index contributed by atoms with van der Waals surface area (Å²) in [5.41, 5.74) is 1.09. The van der Waals surface area contributed by atoms with Gasteiger partial charge in [0.15, 0.2) is 5.13 Å². The summed E-state index contributed by atoms with van der Waals surface area (Å²) in [6.07, 6.45) is -0.588. The lowest BCUT2D eigenvalue weighted by Crippen LogP contribution is -2.22. The second-order valence-corrected chi connectivity index (χ2v) is 10.9. The average Bonchev–Trinajstić information content (AvgIpc) is 3.36. The molecule has 0 spiro atoms. The third-order valence-corrected chi connectivity index (χ3v) is 8.07. The van der Waals surface area contributed by atoms with E-state index in [4.69, 9.17) is 9.47 Å². The van der Waals surface area contributed by atoms with E-state index in [2.05, 4.69) is 15.0 Å². The number of ether oxygens (including phenoxy) is 2. The Balaban J connectivity index is 1.45. The molecular weight excluding hydrogens is 515 g/mol. The van der Waals surface area contributed by atoms with Crippen molar-refractivity contribution in [2.24, 2.45) is 0 Å². The molecule has 7 nitrogen and oxygen atoms in total. The van der Waals surface area contributed by atoms with Gasteiger partial charge in [-0.2, -0.15) is 13.2 Å². The van der Waals surface area contributed by atoms with E-state index in [0.29, 0.717) is 48.6 Å². The molecule has 3 heterocycles. The lowest BCUT2D eigenvalue weighted by molar-refractivity contribution is -0.137. The van der Waals surface area contributed by atoms with Crippen molar-refractivity contribution in [3.05, 3.63) is 70.7 Å². The maximum Gasteiger partial charge on any atom is 0.416 e. The molecule has 3 aromatic rings. The van der Waals surface area contributed by atoms with Crippen LogP contribution in [0.5, 0.6) is 11.5 Å². The highest BCUT2D eigenvalue weighted by Gasteiger charge is 2.33. The van der Waals surface area contributed by atoms with Crippen LogP contribution >= 0.6 is 11.3 Å². The fourth-order valence-electron chi connectivity index (χ4n) is 4.15. The highest BCUT2D eigenvalue weighted by Crippen LogP contribution is 2.41. The van der Waals surface area contributed by atoms with Gasteiger partial charge in [-0.3, -0.25) is 4.72 Å². The van der Waals surface area contributed by atoms with Gasteiger partial charge in [-0.1, -0.05) is 12.1 Å². The molecule has 1 aromatic heterocycles. The molecule has 0 saturated heterocycles. The lowest BCUT2D eigenvalue weighted by atomic mass is 9.96. The Kier molecular flexibility index (Phi) is 6.66. The van der Waals surface area contributed by atoms with Gasteiger partial charge in [-0.15, -0.1) is 11.3 Å². The largest absolute Gasteiger partial charge is 0.493 e. The van der Waals surface area contributed by atoms with E-state index < -0.39 is 27.9 Å². The zero-order valence-corrected chi connectivity index (χ0v) is 20.5. The Hall–Kier alpha value is -3.09. The first-order chi connectivity index (χ1) is 17.2. The van der Waals surface area contributed by atoms with Crippen LogP contribution in [0.3, 0.4) is 0 Å². The van der Waals surface area contributed by atoms with Crippen LogP contribution in [-0.2, 0) is 16.2 Å². The SMILES string of the molecule is O=S(=O)(Nc1nccs1)c1ccc2c(c1)OCC[C@H]2Oc1ccc(C(F)(F)F)cc1C1=CCNCC1. The number of alkyl halides is 3. The molecule has 2 aliphatic rings. The standard InChI is InChI=1S/C24H22F3N3O4S2/c25-24(26,27)16-1-4-20(19(13-16)15-5-8-28-9-6-15)34-21-7-11-33-22-14-17(2-3-18(21)22)36(31,32)30-23-29-10-12-35-23/h1-5,10,12-14,21,28H,6-9,11H2,(H,29,30)/t21-/m1/s1. The molecule has 1 atom stereocenters. The molecular formula is C24H22F3N3O4S2. The van der Waals surface area contributed by atoms with E-state index in [1.807, 2.05) is 6.08 Å². The summed E-state index contributed by atoms with van der Waals surface area (Å²) in [6.45, 7) is 1.49. The third-order valence-electron chi connectivity index (χ3n) is 5.92. The number of hydrogen-bond donors (Lipinski definition) is 2. The van der Waals surface area contributed by atoms with Crippen LogP contribution in [0, 0.1) is 0 Å². The van der Waals surface area contributed by atoms with Crippen LogP contribution < -0.4 is 19.5 Å². The number of nitrogens with zero attached hydrogens (tertiary/aromatic N) is 1.